The molecule has 2 fully saturated rings. The van der Waals surface area contributed by atoms with Crippen LogP contribution in [-0.2, 0) is 9.53 Å². The van der Waals surface area contributed by atoms with Crippen LogP contribution in [-0.4, -0.2) is 48.6 Å². The number of carbonyl (C=O) groups is 1. The van der Waals surface area contributed by atoms with E-state index >= 15 is 0 Å². The van der Waals surface area contributed by atoms with Crippen LogP contribution in [0.5, 0.6) is 0 Å². The van der Waals surface area contributed by atoms with Crippen LogP contribution in [0.15, 0.2) is 24.5 Å². The molecule has 0 radical (unpaired) electrons. The molecule has 0 aromatic carbocycles. The van der Waals surface area contributed by atoms with Crippen molar-refractivity contribution >= 4 is 5.91 Å². The molecule has 5 nitrogen and oxygen atoms in total. The van der Waals surface area contributed by atoms with Crippen LogP contribution in [0.2, 0.25) is 0 Å². The Kier molecular flexibility index (Phi) is 4.74. The zero-order chi connectivity index (χ0) is 15.5. The lowest BCUT2D eigenvalue weighted by Crippen LogP contribution is -2.38. The highest BCUT2D eigenvalue weighted by Gasteiger charge is 2.35. The number of nitrogens with one attached hydrogen (secondary N) is 1. The minimum atomic E-state index is 0.0102. The first-order valence-electron chi connectivity index (χ1n) is 8.16. The van der Waals surface area contributed by atoms with E-state index in [1.807, 2.05) is 19.2 Å². The molecule has 22 heavy (non-hydrogen) atoms. The highest BCUT2D eigenvalue weighted by molar-refractivity contribution is 5.79. The van der Waals surface area contributed by atoms with E-state index in [9.17, 15) is 4.79 Å². The second kappa shape index (κ2) is 6.75. The van der Waals surface area contributed by atoms with Crippen LogP contribution in [0.3, 0.4) is 0 Å². The fraction of sp³-hybridized carbons (Fsp3) is 0.647. The predicted molar refractivity (Wildman–Crippen MR) is 84.2 cm³/mol. The maximum atomic E-state index is 12.3. The summed E-state index contributed by atoms with van der Waals surface area (Å²) in [5.74, 6) is 0.594. The van der Waals surface area contributed by atoms with Crippen LogP contribution in [0.4, 0.5) is 0 Å². The van der Waals surface area contributed by atoms with Gasteiger partial charge in [0.25, 0.3) is 0 Å². The average Bonchev–Trinajstić information content (AvgIpc) is 3.11. The molecule has 4 atom stereocenters. The monoisotopic (exact) mass is 303 g/mol. The lowest BCUT2D eigenvalue weighted by Gasteiger charge is -2.26. The van der Waals surface area contributed by atoms with E-state index in [1.54, 1.807) is 6.20 Å². The van der Waals surface area contributed by atoms with Crippen molar-refractivity contribution < 1.29 is 9.53 Å². The number of hydrogen-bond acceptors (Lipinski definition) is 4. The van der Waals surface area contributed by atoms with Crippen molar-refractivity contribution in [3.8, 4) is 0 Å². The van der Waals surface area contributed by atoms with Gasteiger partial charge >= 0.3 is 0 Å². The van der Waals surface area contributed by atoms with Crippen molar-refractivity contribution in [3.05, 3.63) is 30.1 Å². The average molecular weight is 303 g/mol. The van der Waals surface area contributed by atoms with E-state index in [2.05, 4.69) is 28.3 Å². The van der Waals surface area contributed by atoms with Gasteiger partial charge in [0.05, 0.1) is 12.0 Å². The zero-order valence-corrected chi connectivity index (χ0v) is 13.4. The summed E-state index contributed by atoms with van der Waals surface area (Å²) in [4.78, 5) is 18.9. The van der Waals surface area contributed by atoms with E-state index in [-0.39, 0.29) is 17.9 Å². The third kappa shape index (κ3) is 3.15. The van der Waals surface area contributed by atoms with Crippen molar-refractivity contribution in [2.45, 2.75) is 31.9 Å². The quantitative estimate of drug-likeness (QED) is 0.918. The third-order valence-corrected chi connectivity index (χ3v) is 5.05. The smallest absolute Gasteiger partial charge is 0.225 e. The van der Waals surface area contributed by atoms with Gasteiger partial charge in [0, 0.05) is 31.6 Å². The molecular formula is C17H25N3O2. The predicted octanol–water partition coefficient (Wildman–Crippen LogP) is 1.62. The number of likely N-dealkylation sites (tertiary alicyclic amines) is 1. The number of pyridine rings is 1. The van der Waals surface area contributed by atoms with Crippen LogP contribution in [0.1, 0.15) is 31.4 Å². The van der Waals surface area contributed by atoms with Crippen molar-refractivity contribution in [2.24, 2.45) is 11.8 Å². The second-order valence-corrected chi connectivity index (χ2v) is 6.48. The van der Waals surface area contributed by atoms with Gasteiger partial charge in [0.1, 0.15) is 0 Å². The number of carbonyl (C=O) groups excluding carboxylic acids is 1. The van der Waals surface area contributed by atoms with Gasteiger partial charge in [-0.1, -0.05) is 6.07 Å². The lowest BCUT2D eigenvalue weighted by atomic mass is 9.94. The van der Waals surface area contributed by atoms with Gasteiger partial charge in [-0.25, -0.2) is 0 Å². The Morgan fingerprint density at radius 2 is 2.36 bits per heavy atom. The molecular weight excluding hydrogens is 278 g/mol. The Hall–Kier alpha value is -1.46. The fourth-order valence-corrected chi connectivity index (χ4v) is 3.76. The summed E-state index contributed by atoms with van der Waals surface area (Å²) < 4.78 is 5.49. The number of amides is 1. The Bertz CT molecular complexity index is 508. The molecule has 120 valence electrons. The number of nitrogens with zero attached hydrogens (tertiary/aromatic N) is 2. The zero-order valence-electron chi connectivity index (χ0n) is 13.4. The molecule has 1 N–H and O–H groups in total. The minimum Gasteiger partial charge on any atom is -0.378 e. The molecule has 0 aliphatic carbocycles. The van der Waals surface area contributed by atoms with Crippen molar-refractivity contribution in [3.63, 3.8) is 0 Å². The first-order chi connectivity index (χ1) is 10.7. The first kappa shape index (κ1) is 15.4. The molecule has 3 rings (SSSR count). The molecule has 2 aliphatic rings. The fourth-order valence-electron chi connectivity index (χ4n) is 3.76. The summed E-state index contributed by atoms with van der Waals surface area (Å²) in [6.07, 6.45) is 5.72. The van der Waals surface area contributed by atoms with Gasteiger partial charge in [0.15, 0.2) is 0 Å². The Balaban J connectivity index is 1.60. The Labute approximate surface area is 132 Å². The Morgan fingerprint density at radius 3 is 3.05 bits per heavy atom. The standard InChI is InChI=1S/C17H25N3O2/c1-12-15(6-9-22-12)17(21)19-11-14-5-8-20(2)16(14)13-4-3-7-18-10-13/h3-4,7,10,12,14-16H,5-6,8-9,11H2,1-2H3,(H,19,21)/t12-,14+,15+,16+/m1/s1. The van der Waals surface area contributed by atoms with Gasteiger partial charge in [-0.2, -0.15) is 0 Å². The maximum Gasteiger partial charge on any atom is 0.225 e. The number of ether oxygens (including phenoxy) is 1. The largest absolute Gasteiger partial charge is 0.378 e. The highest BCUT2D eigenvalue weighted by Crippen LogP contribution is 2.35. The molecule has 0 saturated carbocycles. The molecule has 0 spiro atoms. The summed E-state index contributed by atoms with van der Waals surface area (Å²) in [5.41, 5.74) is 1.24. The Morgan fingerprint density at radius 1 is 1.50 bits per heavy atom. The van der Waals surface area contributed by atoms with Gasteiger partial charge in [-0.15, -0.1) is 0 Å². The summed E-state index contributed by atoms with van der Waals surface area (Å²) >= 11 is 0. The first-order valence-corrected chi connectivity index (χ1v) is 8.16. The van der Waals surface area contributed by atoms with Gasteiger partial charge in [0.2, 0.25) is 5.91 Å². The molecule has 1 amide bonds. The molecule has 1 aromatic heterocycles. The number of rotatable bonds is 4. The van der Waals surface area contributed by atoms with E-state index in [0.29, 0.717) is 18.6 Å². The van der Waals surface area contributed by atoms with Crippen molar-refractivity contribution in [1.29, 1.82) is 0 Å². The maximum absolute atomic E-state index is 12.3. The van der Waals surface area contributed by atoms with Crippen LogP contribution in [0.25, 0.3) is 0 Å². The van der Waals surface area contributed by atoms with Crippen LogP contribution >= 0.6 is 0 Å². The molecule has 0 unspecified atom stereocenters. The normalized spacial score (nSPS) is 32.3. The van der Waals surface area contributed by atoms with Crippen molar-refractivity contribution in [1.82, 2.24) is 15.2 Å². The molecule has 1 aromatic rings. The van der Waals surface area contributed by atoms with Crippen LogP contribution in [0, 0.1) is 11.8 Å². The van der Waals surface area contributed by atoms with Crippen molar-refractivity contribution in [2.75, 3.05) is 26.7 Å². The number of aromatic nitrogens is 1. The molecule has 2 saturated heterocycles. The highest BCUT2D eigenvalue weighted by atomic mass is 16.5. The van der Waals surface area contributed by atoms with E-state index in [0.717, 1.165) is 25.9 Å². The van der Waals surface area contributed by atoms with E-state index in [4.69, 9.17) is 4.74 Å². The van der Waals surface area contributed by atoms with Gasteiger partial charge < -0.3 is 10.1 Å². The van der Waals surface area contributed by atoms with E-state index < -0.39 is 0 Å². The van der Waals surface area contributed by atoms with Gasteiger partial charge in [-0.3, -0.25) is 14.7 Å². The summed E-state index contributed by atoms with van der Waals surface area (Å²) in [5, 5.41) is 3.15. The summed E-state index contributed by atoms with van der Waals surface area (Å²) in [6.45, 7) is 4.47. The minimum absolute atomic E-state index is 0.0102. The SMILES string of the molecule is C[C@H]1OCC[C@@H]1C(=O)NC[C@@H]1CCN(C)[C@H]1c1cccnc1. The number of hydrogen-bond donors (Lipinski definition) is 1. The second-order valence-electron chi connectivity index (χ2n) is 6.48. The van der Waals surface area contributed by atoms with E-state index in [1.165, 1.54) is 5.56 Å². The lowest BCUT2D eigenvalue weighted by molar-refractivity contribution is -0.126. The molecule has 5 heteroatoms. The van der Waals surface area contributed by atoms with Crippen LogP contribution < -0.4 is 5.32 Å². The third-order valence-electron chi connectivity index (χ3n) is 5.05. The molecule has 2 aliphatic heterocycles. The topological polar surface area (TPSA) is 54.5 Å². The summed E-state index contributed by atoms with van der Waals surface area (Å²) in [6, 6.07) is 4.45. The molecule has 0 bridgehead atoms. The molecule has 3 heterocycles. The summed E-state index contributed by atoms with van der Waals surface area (Å²) in [7, 11) is 2.15. The van der Waals surface area contributed by atoms with Gasteiger partial charge in [-0.05, 0) is 50.9 Å².